The van der Waals surface area contributed by atoms with Crippen molar-refractivity contribution < 1.29 is 0 Å². The summed E-state index contributed by atoms with van der Waals surface area (Å²) in [6.07, 6.45) is 2.49. The van der Waals surface area contributed by atoms with Gasteiger partial charge in [0.15, 0.2) is 0 Å². The quantitative estimate of drug-likeness (QED) is 0.872. The largest absolute Gasteiger partial charge is 0.311 e. The van der Waals surface area contributed by atoms with Gasteiger partial charge in [-0.15, -0.1) is 0 Å². The molecule has 1 aromatic carbocycles. The van der Waals surface area contributed by atoms with Crippen molar-refractivity contribution in [2.75, 3.05) is 19.6 Å². The lowest BCUT2D eigenvalue weighted by atomic mass is 9.98. The molecule has 1 fully saturated rings. The maximum atomic E-state index is 3.70. The Morgan fingerprint density at radius 1 is 1.26 bits per heavy atom. The van der Waals surface area contributed by atoms with E-state index in [0.29, 0.717) is 12.1 Å². The Balaban J connectivity index is 2.10. The summed E-state index contributed by atoms with van der Waals surface area (Å²) in [5.74, 6) is 0.779. The molecule has 0 radical (unpaired) electrons. The van der Waals surface area contributed by atoms with Crippen molar-refractivity contribution in [3.05, 3.63) is 35.9 Å². The molecule has 0 aromatic heterocycles. The number of nitrogens with one attached hydrogen (secondary N) is 1. The Kier molecular flexibility index (Phi) is 5.41. The summed E-state index contributed by atoms with van der Waals surface area (Å²) in [5.41, 5.74) is 1.45. The van der Waals surface area contributed by atoms with E-state index in [9.17, 15) is 0 Å². The average Bonchev–Trinajstić information content (AvgIpc) is 2.48. The first-order chi connectivity index (χ1) is 9.24. The van der Waals surface area contributed by atoms with Crippen LogP contribution in [0.3, 0.4) is 0 Å². The third kappa shape index (κ3) is 3.80. The second-order valence-corrected chi connectivity index (χ2v) is 5.91. The van der Waals surface area contributed by atoms with Crippen LogP contribution in [0.15, 0.2) is 30.3 Å². The fraction of sp³-hybridized carbons (Fsp3) is 0.647. The molecular weight excluding hydrogens is 232 g/mol. The molecule has 3 unspecified atom stereocenters. The van der Waals surface area contributed by atoms with Crippen LogP contribution in [0.1, 0.15) is 45.2 Å². The maximum Gasteiger partial charge on any atom is 0.0473 e. The second kappa shape index (κ2) is 7.06. The summed E-state index contributed by atoms with van der Waals surface area (Å²) in [5, 5.41) is 3.70. The molecule has 1 heterocycles. The normalized spacial score (nSPS) is 26.3. The van der Waals surface area contributed by atoms with E-state index < -0.39 is 0 Å². The van der Waals surface area contributed by atoms with Crippen molar-refractivity contribution >= 4 is 0 Å². The van der Waals surface area contributed by atoms with Crippen molar-refractivity contribution in [2.45, 2.75) is 45.7 Å². The zero-order valence-corrected chi connectivity index (χ0v) is 12.6. The molecule has 19 heavy (non-hydrogen) atoms. The van der Waals surface area contributed by atoms with E-state index in [1.54, 1.807) is 0 Å². The molecule has 1 N–H and O–H groups in total. The lowest BCUT2D eigenvalue weighted by molar-refractivity contribution is 0.110. The number of hydrogen-bond donors (Lipinski definition) is 1. The average molecular weight is 260 g/mol. The Morgan fingerprint density at radius 2 is 2.00 bits per heavy atom. The van der Waals surface area contributed by atoms with Gasteiger partial charge in [-0.3, -0.25) is 4.90 Å². The van der Waals surface area contributed by atoms with Gasteiger partial charge in [-0.25, -0.2) is 0 Å². The molecule has 0 spiro atoms. The highest BCUT2D eigenvalue weighted by atomic mass is 15.2. The Hall–Kier alpha value is -0.860. The van der Waals surface area contributed by atoms with E-state index in [0.717, 1.165) is 12.5 Å². The van der Waals surface area contributed by atoms with E-state index in [2.05, 4.69) is 61.3 Å². The smallest absolute Gasteiger partial charge is 0.0473 e. The Labute approximate surface area is 118 Å². The van der Waals surface area contributed by atoms with E-state index in [1.165, 1.54) is 31.5 Å². The van der Waals surface area contributed by atoms with Crippen molar-refractivity contribution in [1.82, 2.24) is 10.2 Å². The summed E-state index contributed by atoms with van der Waals surface area (Å²) in [4.78, 5) is 2.69. The minimum Gasteiger partial charge on any atom is -0.311 e. The van der Waals surface area contributed by atoms with Crippen LogP contribution in [0.5, 0.6) is 0 Å². The van der Waals surface area contributed by atoms with E-state index in [4.69, 9.17) is 0 Å². The molecule has 1 aliphatic heterocycles. The molecule has 1 saturated heterocycles. The zero-order chi connectivity index (χ0) is 13.7. The first kappa shape index (κ1) is 14.5. The molecule has 0 aliphatic carbocycles. The van der Waals surface area contributed by atoms with Crippen molar-refractivity contribution in [3.63, 3.8) is 0 Å². The van der Waals surface area contributed by atoms with Crippen LogP contribution in [-0.2, 0) is 0 Å². The van der Waals surface area contributed by atoms with E-state index >= 15 is 0 Å². The molecule has 1 aromatic rings. The van der Waals surface area contributed by atoms with Crippen molar-refractivity contribution in [2.24, 2.45) is 5.92 Å². The van der Waals surface area contributed by atoms with Gasteiger partial charge in [0, 0.05) is 31.7 Å². The van der Waals surface area contributed by atoms with Crippen molar-refractivity contribution in [3.8, 4) is 0 Å². The van der Waals surface area contributed by atoms with Crippen molar-refractivity contribution in [1.29, 1.82) is 0 Å². The highest BCUT2D eigenvalue weighted by Crippen LogP contribution is 2.25. The lowest BCUT2D eigenvalue weighted by Gasteiger charge is -2.41. The fourth-order valence-corrected chi connectivity index (χ4v) is 2.89. The second-order valence-electron chi connectivity index (χ2n) is 5.91. The summed E-state index contributed by atoms with van der Waals surface area (Å²) in [6.45, 7) is 10.4. The molecule has 106 valence electrons. The molecule has 3 atom stereocenters. The van der Waals surface area contributed by atoms with Gasteiger partial charge in [-0.1, -0.05) is 57.5 Å². The number of hydrogen-bond acceptors (Lipinski definition) is 2. The van der Waals surface area contributed by atoms with Crippen LogP contribution >= 0.6 is 0 Å². The van der Waals surface area contributed by atoms with Gasteiger partial charge in [0.1, 0.15) is 0 Å². The molecule has 1 aliphatic rings. The molecule has 0 bridgehead atoms. The van der Waals surface area contributed by atoms with Gasteiger partial charge in [0.05, 0.1) is 0 Å². The third-order valence-electron chi connectivity index (χ3n) is 4.42. The third-order valence-corrected chi connectivity index (χ3v) is 4.42. The van der Waals surface area contributed by atoms with E-state index in [-0.39, 0.29) is 0 Å². The SMILES string of the molecule is CCC(C)CN1CC(CC)NCC1c1ccccc1. The minimum absolute atomic E-state index is 0.540. The van der Waals surface area contributed by atoms with E-state index in [1.807, 2.05) is 0 Å². The lowest BCUT2D eigenvalue weighted by Crippen LogP contribution is -2.52. The summed E-state index contributed by atoms with van der Waals surface area (Å²) >= 11 is 0. The standard InChI is InChI=1S/C17H28N2/c1-4-14(3)12-19-13-16(5-2)18-11-17(19)15-9-7-6-8-10-15/h6-10,14,16-18H,4-5,11-13H2,1-3H3. The van der Waals surface area contributed by atoms with Gasteiger partial charge in [0.25, 0.3) is 0 Å². The number of rotatable bonds is 5. The maximum absolute atomic E-state index is 3.70. The molecule has 2 nitrogen and oxygen atoms in total. The molecule has 0 saturated carbocycles. The predicted molar refractivity (Wildman–Crippen MR) is 82.3 cm³/mol. The van der Waals surface area contributed by atoms with Crippen LogP contribution in [0.4, 0.5) is 0 Å². The summed E-state index contributed by atoms with van der Waals surface area (Å²) in [6, 6.07) is 12.1. The van der Waals surface area contributed by atoms with Gasteiger partial charge in [0.2, 0.25) is 0 Å². The van der Waals surface area contributed by atoms with Crippen LogP contribution in [0.2, 0.25) is 0 Å². The highest BCUT2D eigenvalue weighted by molar-refractivity contribution is 5.20. The minimum atomic E-state index is 0.540. The number of piperazine rings is 1. The Bertz CT molecular complexity index is 361. The summed E-state index contributed by atoms with van der Waals surface area (Å²) in [7, 11) is 0. The van der Waals surface area contributed by atoms with Gasteiger partial charge in [-0.05, 0) is 17.9 Å². The molecule has 2 heteroatoms. The zero-order valence-electron chi connectivity index (χ0n) is 12.6. The first-order valence-corrected chi connectivity index (χ1v) is 7.77. The van der Waals surface area contributed by atoms with Crippen LogP contribution in [0, 0.1) is 5.92 Å². The van der Waals surface area contributed by atoms with Gasteiger partial charge < -0.3 is 5.32 Å². The van der Waals surface area contributed by atoms with Gasteiger partial charge in [-0.2, -0.15) is 0 Å². The molecular formula is C17H28N2. The van der Waals surface area contributed by atoms with Crippen LogP contribution in [0.25, 0.3) is 0 Å². The summed E-state index contributed by atoms with van der Waals surface area (Å²) < 4.78 is 0. The first-order valence-electron chi connectivity index (χ1n) is 7.77. The Morgan fingerprint density at radius 3 is 2.63 bits per heavy atom. The molecule has 2 rings (SSSR count). The molecule has 0 amide bonds. The fourth-order valence-electron chi connectivity index (χ4n) is 2.89. The van der Waals surface area contributed by atoms with Crippen LogP contribution in [-0.4, -0.2) is 30.6 Å². The van der Waals surface area contributed by atoms with Crippen LogP contribution < -0.4 is 5.32 Å². The highest BCUT2D eigenvalue weighted by Gasteiger charge is 2.28. The number of benzene rings is 1. The predicted octanol–water partition coefficient (Wildman–Crippen LogP) is 3.46. The van der Waals surface area contributed by atoms with Gasteiger partial charge >= 0.3 is 0 Å². The topological polar surface area (TPSA) is 15.3 Å². The monoisotopic (exact) mass is 260 g/mol. The number of nitrogens with zero attached hydrogens (tertiary/aromatic N) is 1.